The predicted octanol–water partition coefficient (Wildman–Crippen LogP) is 0.973. The molecule has 0 unspecified atom stereocenters. The molecule has 0 saturated carbocycles. The third-order valence-corrected chi connectivity index (χ3v) is 1.90. The largest absolute Gasteiger partial charge is 0.293 e. The van der Waals surface area contributed by atoms with Crippen molar-refractivity contribution >= 4 is 11.5 Å². The predicted molar refractivity (Wildman–Crippen MR) is 45.2 cm³/mol. The van der Waals surface area contributed by atoms with Crippen molar-refractivity contribution in [2.45, 2.75) is 13.5 Å². The summed E-state index contributed by atoms with van der Waals surface area (Å²) >= 11 is 0. The lowest BCUT2D eigenvalue weighted by molar-refractivity contribution is -0.111. The van der Waals surface area contributed by atoms with Gasteiger partial charge >= 0.3 is 0 Å². The first-order valence-electron chi connectivity index (χ1n) is 3.77. The number of carbonyl (C=O) groups excluding carboxylic acids is 1. The van der Waals surface area contributed by atoms with Crippen LogP contribution in [0.1, 0.15) is 18.1 Å². The Hall–Kier alpha value is -1.51. The summed E-state index contributed by atoms with van der Waals surface area (Å²) in [5, 5.41) is 0. The maximum absolute atomic E-state index is 11.1. The highest BCUT2D eigenvalue weighted by molar-refractivity contribution is 6.46. The summed E-state index contributed by atoms with van der Waals surface area (Å²) in [5.74, 6) is 0.0277. The Kier molecular flexibility index (Phi) is 1.50. The quantitative estimate of drug-likeness (QED) is 0.614. The molecule has 0 saturated heterocycles. The lowest BCUT2D eigenvalue weighted by Gasteiger charge is -1.96. The first kappa shape index (κ1) is 7.16. The van der Waals surface area contributed by atoms with Gasteiger partial charge in [-0.15, -0.1) is 0 Å². The molecule has 0 atom stereocenters. The highest BCUT2D eigenvalue weighted by Gasteiger charge is 2.18. The molecule has 0 amide bonds. The molecule has 0 bridgehead atoms. The highest BCUT2D eigenvalue weighted by atomic mass is 16.1. The van der Waals surface area contributed by atoms with Crippen LogP contribution in [0.15, 0.2) is 23.5 Å². The minimum Gasteiger partial charge on any atom is -0.293 e. The van der Waals surface area contributed by atoms with Crippen LogP contribution in [-0.4, -0.2) is 16.5 Å². The molecular weight excluding hydrogens is 152 g/mol. The maximum Gasteiger partial charge on any atom is 0.178 e. The van der Waals surface area contributed by atoms with Crippen molar-refractivity contribution in [3.63, 3.8) is 0 Å². The molecule has 1 aromatic heterocycles. The van der Waals surface area contributed by atoms with Crippen LogP contribution in [0.25, 0.3) is 0 Å². The monoisotopic (exact) mass is 160 g/mol. The van der Waals surface area contributed by atoms with Crippen LogP contribution in [0.5, 0.6) is 0 Å². The number of carbonyl (C=O) groups is 1. The molecule has 3 heteroatoms. The van der Waals surface area contributed by atoms with Gasteiger partial charge in [0, 0.05) is 30.4 Å². The Labute approximate surface area is 70.2 Å². The van der Waals surface area contributed by atoms with Crippen LogP contribution in [-0.2, 0) is 11.3 Å². The smallest absolute Gasteiger partial charge is 0.178 e. The molecule has 1 aliphatic heterocycles. The Morgan fingerprint density at radius 2 is 2.42 bits per heavy atom. The van der Waals surface area contributed by atoms with Gasteiger partial charge in [-0.2, -0.15) is 0 Å². The number of nitrogens with zero attached hydrogens (tertiary/aromatic N) is 2. The van der Waals surface area contributed by atoms with E-state index in [4.69, 9.17) is 0 Å². The van der Waals surface area contributed by atoms with E-state index < -0.39 is 0 Å². The van der Waals surface area contributed by atoms with Gasteiger partial charge in [-0.25, -0.2) is 0 Å². The van der Waals surface area contributed by atoms with Crippen LogP contribution in [0.3, 0.4) is 0 Å². The van der Waals surface area contributed by atoms with Crippen molar-refractivity contribution < 1.29 is 4.79 Å². The lowest BCUT2D eigenvalue weighted by atomic mass is 10.1. The van der Waals surface area contributed by atoms with E-state index in [9.17, 15) is 4.79 Å². The third-order valence-electron chi connectivity index (χ3n) is 1.90. The first-order valence-corrected chi connectivity index (χ1v) is 3.77. The molecule has 0 aliphatic carbocycles. The lowest BCUT2D eigenvalue weighted by Crippen LogP contribution is -2.08. The van der Waals surface area contributed by atoms with E-state index in [1.54, 1.807) is 12.4 Å². The van der Waals surface area contributed by atoms with Crippen LogP contribution < -0.4 is 0 Å². The highest BCUT2D eigenvalue weighted by Crippen LogP contribution is 2.17. The van der Waals surface area contributed by atoms with Gasteiger partial charge in [0.25, 0.3) is 0 Å². The number of rotatable bonds is 1. The zero-order valence-corrected chi connectivity index (χ0v) is 6.74. The number of aromatic nitrogens is 1. The van der Waals surface area contributed by atoms with Gasteiger partial charge in [-0.1, -0.05) is 0 Å². The number of Topliss-reactive ketones (excluding diaryl/α,β-unsaturated/α-hetero) is 1. The molecule has 0 fully saturated rings. The molecule has 1 aromatic rings. The molecule has 60 valence electrons. The SMILES string of the molecule is CC(=O)C1=NCc2cnccc21. The fourth-order valence-electron chi connectivity index (χ4n) is 1.33. The van der Waals surface area contributed by atoms with E-state index in [-0.39, 0.29) is 5.78 Å². The van der Waals surface area contributed by atoms with Crippen molar-refractivity contribution in [2.24, 2.45) is 4.99 Å². The second-order valence-electron chi connectivity index (χ2n) is 2.75. The standard InChI is InChI=1S/C9H8N2O/c1-6(12)9-8-2-3-10-4-7(8)5-11-9/h2-4H,5H2,1H3. The fourth-order valence-corrected chi connectivity index (χ4v) is 1.33. The number of ketones is 1. The number of fused-ring (bicyclic) bond motifs is 1. The molecule has 1 aliphatic rings. The Balaban J connectivity index is 2.52. The molecule has 0 N–H and O–H groups in total. The topological polar surface area (TPSA) is 42.3 Å². The van der Waals surface area contributed by atoms with Crippen LogP contribution >= 0.6 is 0 Å². The second kappa shape index (κ2) is 2.52. The summed E-state index contributed by atoms with van der Waals surface area (Å²) in [6, 6.07) is 1.84. The molecule has 12 heavy (non-hydrogen) atoms. The number of aliphatic imine (C=N–C) groups is 1. The van der Waals surface area contributed by atoms with Gasteiger partial charge in [-0.05, 0) is 6.07 Å². The normalized spacial score (nSPS) is 13.9. The van der Waals surface area contributed by atoms with E-state index in [2.05, 4.69) is 9.98 Å². The molecule has 0 spiro atoms. The minimum atomic E-state index is 0.0277. The van der Waals surface area contributed by atoms with E-state index in [0.717, 1.165) is 11.1 Å². The van der Waals surface area contributed by atoms with E-state index in [1.807, 2.05) is 6.07 Å². The average Bonchev–Trinajstić information content (AvgIpc) is 2.47. The summed E-state index contributed by atoms with van der Waals surface area (Å²) in [6.45, 7) is 2.13. The summed E-state index contributed by atoms with van der Waals surface area (Å²) < 4.78 is 0. The third kappa shape index (κ3) is 0.942. The Morgan fingerprint density at radius 1 is 1.58 bits per heavy atom. The minimum absolute atomic E-state index is 0.0277. The van der Waals surface area contributed by atoms with Gasteiger partial charge < -0.3 is 0 Å². The van der Waals surface area contributed by atoms with Crippen molar-refractivity contribution in [3.8, 4) is 0 Å². The average molecular weight is 160 g/mol. The van der Waals surface area contributed by atoms with Crippen molar-refractivity contribution in [1.82, 2.24) is 4.98 Å². The van der Waals surface area contributed by atoms with E-state index in [0.29, 0.717) is 12.3 Å². The fraction of sp³-hybridized carbons (Fsp3) is 0.222. The van der Waals surface area contributed by atoms with Gasteiger partial charge in [0.05, 0.1) is 6.54 Å². The van der Waals surface area contributed by atoms with Crippen LogP contribution in [0, 0.1) is 0 Å². The molecule has 0 radical (unpaired) electrons. The van der Waals surface area contributed by atoms with Crippen molar-refractivity contribution in [2.75, 3.05) is 0 Å². The van der Waals surface area contributed by atoms with Crippen molar-refractivity contribution in [1.29, 1.82) is 0 Å². The van der Waals surface area contributed by atoms with Gasteiger partial charge in [0.2, 0.25) is 0 Å². The summed E-state index contributed by atoms with van der Waals surface area (Å²) in [4.78, 5) is 19.2. The number of hydrogen-bond donors (Lipinski definition) is 0. The zero-order valence-electron chi connectivity index (χ0n) is 6.74. The molecule has 3 nitrogen and oxygen atoms in total. The van der Waals surface area contributed by atoms with Gasteiger partial charge in [0.15, 0.2) is 5.78 Å². The molecule has 2 heterocycles. The van der Waals surface area contributed by atoms with Crippen LogP contribution in [0.2, 0.25) is 0 Å². The first-order chi connectivity index (χ1) is 5.79. The number of pyridine rings is 1. The zero-order chi connectivity index (χ0) is 8.55. The van der Waals surface area contributed by atoms with E-state index in [1.165, 1.54) is 6.92 Å². The Morgan fingerprint density at radius 3 is 3.17 bits per heavy atom. The summed E-state index contributed by atoms with van der Waals surface area (Å²) in [6.07, 6.45) is 3.44. The molecule has 2 rings (SSSR count). The maximum atomic E-state index is 11.1. The van der Waals surface area contributed by atoms with Crippen molar-refractivity contribution in [3.05, 3.63) is 29.6 Å². The summed E-state index contributed by atoms with van der Waals surface area (Å²) in [7, 11) is 0. The van der Waals surface area contributed by atoms with Crippen LogP contribution in [0.4, 0.5) is 0 Å². The van der Waals surface area contributed by atoms with E-state index >= 15 is 0 Å². The van der Waals surface area contributed by atoms with Gasteiger partial charge in [-0.3, -0.25) is 14.8 Å². The molecular formula is C9H8N2O. The van der Waals surface area contributed by atoms with Gasteiger partial charge in [0.1, 0.15) is 5.71 Å². The second-order valence-corrected chi connectivity index (χ2v) is 2.75. The summed E-state index contributed by atoms with van der Waals surface area (Å²) in [5.41, 5.74) is 2.58. The molecule has 0 aromatic carbocycles. The Bertz CT molecular complexity index is 369. The number of hydrogen-bond acceptors (Lipinski definition) is 3.